The number of hydrogen-bond donors (Lipinski definition) is 2. The van der Waals surface area contributed by atoms with Crippen molar-refractivity contribution in [3.63, 3.8) is 0 Å². The second-order valence-electron chi connectivity index (χ2n) is 6.42. The van der Waals surface area contributed by atoms with Gasteiger partial charge in [0.1, 0.15) is 6.61 Å². The average molecular weight is 360 g/mol. The van der Waals surface area contributed by atoms with E-state index in [-0.39, 0.29) is 25.5 Å². The van der Waals surface area contributed by atoms with Crippen LogP contribution >= 0.6 is 0 Å². The third-order valence-corrected chi connectivity index (χ3v) is 4.64. The van der Waals surface area contributed by atoms with Crippen LogP contribution in [0.2, 0.25) is 0 Å². The van der Waals surface area contributed by atoms with E-state index >= 15 is 0 Å². The molecule has 2 amide bonds. The van der Waals surface area contributed by atoms with E-state index in [4.69, 9.17) is 18.9 Å². The zero-order valence-corrected chi connectivity index (χ0v) is 14.4. The Bertz CT molecular complexity index is 769. The van der Waals surface area contributed by atoms with Crippen LogP contribution in [0.5, 0.6) is 11.5 Å². The molecule has 2 atom stereocenters. The molecular formula is C18H20N2O6. The molecule has 0 spiro atoms. The summed E-state index contributed by atoms with van der Waals surface area (Å²) in [6.45, 7) is 2.74. The van der Waals surface area contributed by atoms with Crippen molar-refractivity contribution in [1.29, 1.82) is 0 Å². The Morgan fingerprint density at radius 3 is 2.96 bits per heavy atom. The lowest BCUT2D eigenvalue weighted by atomic mass is 9.95. The molecule has 0 radical (unpaired) electrons. The Labute approximate surface area is 150 Å². The summed E-state index contributed by atoms with van der Waals surface area (Å²) in [5.41, 5.74) is 1.54. The SMILES string of the molecule is CC1=C(C(=O)OCC2CCCO2)C(c2ccc3c(c2)OCO3)NC(=O)N1. The monoisotopic (exact) mass is 360 g/mol. The maximum atomic E-state index is 12.7. The van der Waals surface area contributed by atoms with Gasteiger partial charge in [-0.1, -0.05) is 6.07 Å². The van der Waals surface area contributed by atoms with Gasteiger partial charge in [0.15, 0.2) is 11.5 Å². The molecule has 8 heteroatoms. The Balaban J connectivity index is 1.57. The summed E-state index contributed by atoms with van der Waals surface area (Å²) in [6.07, 6.45) is 1.79. The summed E-state index contributed by atoms with van der Waals surface area (Å²) < 4.78 is 21.6. The molecule has 1 aromatic rings. The number of ether oxygens (including phenoxy) is 4. The maximum absolute atomic E-state index is 12.7. The highest BCUT2D eigenvalue weighted by Crippen LogP contribution is 2.37. The van der Waals surface area contributed by atoms with Crippen LogP contribution < -0.4 is 20.1 Å². The quantitative estimate of drug-likeness (QED) is 0.795. The fraction of sp³-hybridized carbons (Fsp3) is 0.444. The number of esters is 1. The van der Waals surface area contributed by atoms with Gasteiger partial charge in [0.05, 0.1) is 17.7 Å². The predicted molar refractivity (Wildman–Crippen MR) is 89.6 cm³/mol. The summed E-state index contributed by atoms with van der Waals surface area (Å²) >= 11 is 0. The number of allylic oxidation sites excluding steroid dienone is 1. The molecule has 3 aliphatic heterocycles. The molecule has 2 unspecified atom stereocenters. The lowest BCUT2D eigenvalue weighted by Gasteiger charge is -2.28. The number of hydrogen-bond acceptors (Lipinski definition) is 6. The van der Waals surface area contributed by atoms with E-state index < -0.39 is 12.0 Å². The second-order valence-corrected chi connectivity index (χ2v) is 6.42. The van der Waals surface area contributed by atoms with E-state index in [1.54, 1.807) is 25.1 Å². The summed E-state index contributed by atoms with van der Waals surface area (Å²) in [6, 6.07) is 4.32. The Kier molecular flexibility index (Phi) is 4.42. The topological polar surface area (TPSA) is 95.1 Å². The summed E-state index contributed by atoms with van der Waals surface area (Å²) in [5, 5.41) is 5.41. The number of urea groups is 1. The van der Waals surface area contributed by atoms with Crippen molar-refractivity contribution in [3.8, 4) is 11.5 Å². The molecule has 26 heavy (non-hydrogen) atoms. The number of rotatable bonds is 4. The molecule has 2 N–H and O–H groups in total. The molecule has 0 bridgehead atoms. The van der Waals surface area contributed by atoms with Gasteiger partial charge in [0.25, 0.3) is 0 Å². The van der Waals surface area contributed by atoms with Crippen molar-refractivity contribution < 1.29 is 28.5 Å². The number of benzene rings is 1. The first kappa shape index (κ1) is 16.7. The standard InChI is InChI=1S/C18H20N2O6/c1-10-15(17(21)24-8-12-3-2-6-23-12)16(20-18(22)19-10)11-4-5-13-14(7-11)26-9-25-13/h4-5,7,12,16H,2-3,6,8-9H2,1H3,(H2,19,20,22). The summed E-state index contributed by atoms with van der Waals surface area (Å²) in [4.78, 5) is 24.6. The van der Waals surface area contributed by atoms with Crippen molar-refractivity contribution in [2.75, 3.05) is 20.0 Å². The first-order valence-corrected chi connectivity index (χ1v) is 8.58. The molecule has 138 valence electrons. The van der Waals surface area contributed by atoms with Gasteiger partial charge in [-0.05, 0) is 37.5 Å². The summed E-state index contributed by atoms with van der Waals surface area (Å²) in [7, 11) is 0. The fourth-order valence-corrected chi connectivity index (χ4v) is 3.33. The van der Waals surface area contributed by atoms with E-state index in [1.807, 2.05) is 0 Å². The smallest absolute Gasteiger partial charge is 0.338 e. The molecule has 0 aromatic heterocycles. The minimum Gasteiger partial charge on any atom is -0.459 e. The average Bonchev–Trinajstić information content (AvgIpc) is 3.29. The van der Waals surface area contributed by atoms with E-state index in [2.05, 4.69) is 10.6 Å². The van der Waals surface area contributed by atoms with E-state index in [1.165, 1.54) is 0 Å². The lowest BCUT2D eigenvalue weighted by molar-refractivity contribution is -0.142. The van der Waals surface area contributed by atoms with Gasteiger partial charge in [-0.15, -0.1) is 0 Å². The minimum absolute atomic E-state index is 0.0602. The van der Waals surface area contributed by atoms with Crippen molar-refractivity contribution in [3.05, 3.63) is 35.0 Å². The Morgan fingerprint density at radius 2 is 2.15 bits per heavy atom. The molecular weight excluding hydrogens is 340 g/mol. The maximum Gasteiger partial charge on any atom is 0.338 e. The molecule has 4 rings (SSSR count). The molecule has 0 saturated carbocycles. The van der Waals surface area contributed by atoms with Crippen LogP contribution in [0.3, 0.4) is 0 Å². The van der Waals surface area contributed by atoms with Crippen LogP contribution in [0.1, 0.15) is 31.4 Å². The third-order valence-electron chi connectivity index (χ3n) is 4.64. The van der Waals surface area contributed by atoms with Crippen LogP contribution in [-0.4, -0.2) is 38.1 Å². The van der Waals surface area contributed by atoms with Gasteiger partial charge in [-0.25, -0.2) is 9.59 Å². The Hall–Kier alpha value is -2.74. The van der Waals surface area contributed by atoms with Crippen LogP contribution in [0, 0.1) is 0 Å². The molecule has 1 fully saturated rings. The van der Waals surface area contributed by atoms with Crippen molar-refractivity contribution in [2.24, 2.45) is 0 Å². The minimum atomic E-state index is -0.629. The normalized spacial score (nSPS) is 24.3. The first-order valence-electron chi connectivity index (χ1n) is 8.58. The number of fused-ring (bicyclic) bond motifs is 1. The second kappa shape index (κ2) is 6.87. The van der Waals surface area contributed by atoms with Crippen LogP contribution in [0.15, 0.2) is 29.5 Å². The molecule has 1 aromatic carbocycles. The number of amides is 2. The number of carbonyl (C=O) groups excluding carboxylic acids is 2. The number of carbonyl (C=O) groups is 2. The highest BCUT2D eigenvalue weighted by Gasteiger charge is 2.33. The zero-order valence-electron chi connectivity index (χ0n) is 14.4. The zero-order chi connectivity index (χ0) is 18.1. The highest BCUT2D eigenvalue weighted by atomic mass is 16.7. The largest absolute Gasteiger partial charge is 0.459 e. The van der Waals surface area contributed by atoms with Gasteiger partial charge in [0.2, 0.25) is 6.79 Å². The van der Waals surface area contributed by atoms with Crippen molar-refractivity contribution >= 4 is 12.0 Å². The van der Waals surface area contributed by atoms with Gasteiger partial charge < -0.3 is 29.6 Å². The van der Waals surface area contributed by atoms with Gasteiger partial charge in [0, 0.05) is 12.3 Å². The van der Waals surface area contributed by atoms with Crippen molar-refractivity contribution in [1.82, 2.24) is 10.6 Å². The van der Waals surface area contributed by atoms with Crippen molar-refractivity contribution in [2.45, 2.75) is 31.9 Å². The summed E-state index contributed by atoms with van der Waals surface area (Å²) in [5.74, 6) is 0.741. The van der Waals surface area contributed by atoms with Gasteiger partial charge in [-0.2, -0.15) is 0 Å². The van der Waals surface area contributed by atoms with Gasteiger partial charge >= 0.3 is 12.0 Å². The van der Waals surface area contributed by atoms with E-state index in [9.17, 15) is 9.59 Å². The molecule has 0 aliphatic carbocycles. The number of nitrogens with one attached hydrogen (secondary N) is 2. The molecule has 3 aliphatic rings. The molecule has 3 heterocycles. The fourth-order valence-electron chi connectivity index (χ4n) is 3.33. The third kappa shape index (κ3) is 3.20. The highest BCUT2D eigenvalue weighted by molar-refractivity contribution is 5.95. The van der Waals surface area contributed by atoms with Crippen LogP contribution in [0.25, 0.3) is 0 Å². The van der Waals surface area contributed by atoms with Gasteiger partial charge in [-0.3, -0.25) is 0 Å². The predicted octanol–water partition coefficient (Wildman–Crippen LogP) is 1.77. The van der Waals surface area contributed by atoms with E-state index in [0.717, 1.165) is 12.8 Å². The molecule has 8 nitrogen and oxygen atoms in total. The van der Waals surface area contributed by atoms with E-state index in [0.29, 0.717) is 34.9 Å². The Morgan fingerprint density at radius 1 is 1.31 bits per heavy atom. The lowest BCUT2D eigenvalue weighted by Crippen LogP contribution is -2.45. The molecule has 1 saturated heterocycles. The van der Waals surface area contributed by atoms with Crippen LogP contribution in [-0.2, 0) is 14.3 Å². The van der Waals surface area contributed by atoms with Crippen LogP contribution in [0.4, 0.5) is 4.79 Å². The first-order chi connectivity index (χ1) is 12.6.